The van der Waals surface area contributed by atoms with Gasteiger partial charge in [0.05, 0.1) is 0 Å². The van der Waals surface area contributed by atoms with Crippen LogP contribution in [0.3, 0.4) is 0 Å². The van der Waals surface area contributed by atoms with Crippen LogP contribution in [0.4, 0.5) is 0 Å². The van der Waals surface area contributed by atoms with E-state index in [2.05, 4.69) is 20.8 Å². The molecule has 0 fully saturated rings. The van der Waals surface area contributed by atoms with Crippen molar-refractivity contribution in [1.82, 2.24) is 0 Å². The number of aliphatic carboxylic acids is 3. The Labute approximate surface area is 223 Å². The van der Waals surface area contributed by atoms with Gasteiger partial charge in [0.25, 0.3) is 0 Å². The number of carbonyl (C=O) groups is 3. The predicted octanol–water partition coefficient (Wildman–Crippen LogP) is 2.86. The Balaban J connectivity index is -0.000000174. The summed E-state index contributed by atoms with van der Waals surface area (Å²) in [7, 11) is 0. The Kier molecular flexibility index (Phi) is 34.1. The monoisotopic (exact) mass is 574 g/mol. The molecule has 0 rings (SSSR count). The average molecular weight is 575 g/mol. The van der Waals surface area contributed by atoms with Crippen molar-refractivity contribution in [2.24, 2.45) is 17.8 Å². The fraction of sp³-hybridized carbons (Fsp3) is 0.875. The first kappa shape index (κ1) is 38.0. The minimum Gasteiger partial charge on any atom is -0.550 e. The van der Waals surface area contributed by atoms with Gasteiger partial charge < -0.3 is 29.7 Å². The van der Waals surface area contributed by atoms with Crippen molar-refractivity contribution >= 4 is 17.9 Å². The second-order valence-corrected chi connectivity index (χ2v) is 7.70. The van der Waals surface area contributed by atoms with Crippen LogP contribution in [0.15, 0.2) is 0 Å². The van der Waals surface area contributed by atoms with Gasteiger partial charge in [0.15, 0.2) is 0 Å². The van der Waals surface area contributed by atoms with E-state index >= 15 is 0 Å². The fourth-order valence-electron chi connectivity index (χ4n) is 2.82. The number of carboxylic acids is 3. The van der Waals surface area contributed by atoms with E-state index in [1.165, 1.54) is 0 Å². The van der Waals surface area contributed by atoms with Crippen molar-refractivity contribution in [3.05, 3.63) is 0 Å². The number of hydrogen-bond acceptors (Lipinski definition) is 6. The van der Waals surface area contributed by atoms with E-state index in [0.29, 0.717) is 19.3 Å². The van der Waals surface area contributed by atoms with Crippen LogP contribution in [0.5, 0.6) is 0 Å². The van der Waals surface area contributed by atoms with Crippen LogP contribution in [-0.4, -0.2) is 17.9 Å². The quantitative estimate of drug-likeness (QED) is 0.297. The zero-order chi connectivity index (χ0) is 23.9. The van der Waals surface area contributed by atoms with Crippen molar-refractivity contribution in [2.75, 3.05) is 0 Å². The number of carbonyl (C=O) groups excluding carboxylic acids is 3. The Morgan fingerprint density at radius 3 is 0.806 bits per heavy atom. The first-order valence-corrected chi connectivity index (χ1v) is 11.8. The fourth-order valence-corrected chi connectivity index (χ4v) is 2.82. The van der Waals surface area contributed by atoms with Crippen LogP contribution in [-0.2, 0) is 14.4 Å². The van der Waals surface area contributed by atoms with Gasteiger partial charge in [-0.15, -0.1) is 0 Å². The van der Waals surface area contributed by atoms with Crippen LogP contribution in [0.25, 0.3) is 0 Å². The largest absolute Gasteiger partial charge is 3.00 e. The van der Waals surface area contributed by atoms with Gasteiger partial charge in [-0.1, -0.05) is 80.1 Å². The van der Waals surface area contributed by atoms with E-state index < -0.39 is 17.9 Å². The Hall–Kier alpha value is -0.252. The Morgan fingerprint density at radius 1 is 0.516 bits per heavy atom. The molecule has 182 valence electrons. The third kappa shape index (κ3) is 25.9. The zero-order valence-electron chi connectivity index (χ0n) is 20.6. The average Bonchev–Trinajstić information content (AvgIpc) is 2.70. The minimum absolute atomic E-state index is 0. The number of rotatable bonds is 15. The van der Waals surface area contributed by atoms with Gasteiger partial charge in [0, 0.05) is 17.9 Å². The van der Waals surface area contributed by atoms with Crippen LogP contribution < -0.4 is 15.3 Å². The summed E-state index contributed by atoms with van der Waals surface area (Å²) >= 11 is 0. The van der Waals surface area contributed by atoms with E-state index in [9.17, 15) is 29.7 Å². The third-order valence-electron chi connectivity index (χ3n) is 5.20. The summed E-state index contributed by atoms with van der Waals surface area (Å²) in [4.78, 5) is 31.0. The molecule has 0 aromatic heterocycles. The first-order chi connectivity index (χ1) is 14.2. The summed E-state index contributed by atoms with van der Waals surface area (Å²) < 4.78 is 0. The minimum atomic E-state index is -0.893. The topological polar surface area (TPSA) is 120 Å². The van der Waals surface area contributed by atoms with E-state index in [-0.39, 0.29) is 58.1 Å². The zero-order valence-corrected chi connectivity index (χ0v) is 23.5. The molecule has 0 aromatic rings. The number of unbranched alkanes of at least 4 members (excludes halogenated alkanes) is 3. The van der Waals surface area contributed by atoms with E-state index in [0.717, 1.165) is 57.8 Å². The van der Waals surface area contributed by atoms with Crippen LogP contribution in [0.1, 0.15) is 119 Å². The maximum atomic E-state index is 10.3. The molecule has 3 unspecified atom stereocenters. The van der Waals surface area contributed by atoms with E-state index in [4.69, 9.17) is 0 Å². The SMILES string of the molecule is CCCCC(CC)C(=O)[O-].CCCCC(CC)C(=O)[O-].CCCCC(CC)C(=O)[O-].[Pm+3]. The van der Waals surface area contributed by atoms with Crippen LogP contribution in [0.2, 0.25) is 0 Å². The molecule has 0 bridgehead atoms. The maximum absolute atomic E-state index is 10.3. The molecule has 0 saturated heterocycles. The standard InChI is InChI=1S/3C8H16O2.Pm/c3*1-3-5-6-7(4-2)8(9)10;/h3*7H,3-6H2,1-2H3,(H,9,10);/q;;;+3/p-3. The van der Waals surface area contributed by atoms with Gasteiger partial charge >= 0.3 is 40.4 Å². The second kappa shape index (κ2) is 27.8. The number of hydrogen-bond donors (Lipinski definition) is 0. The summed E-state index contributed by atoms with van der Waals surface area (Å²) in [5, 5.41) is 31.0. The Morgan fingerprint density at radius 2 is 0.710 bits per heavy atom. The van der Waals surface area contributed by atoms with E-state index in [1.54, 1.807) is 0 Å². The van der Waals surface area contributed by atoms with Crippen molar-refractivity contribution in [3.8, 4) is 0 Å². The predicted molar refractivity (Wildman–Crippen MR) is 115 cm³/mol. The molecule has 0 aliphatic rings. The van der Waals surface area contributed by atoms with Gasteiger partial charge in [-0.25, -0.2) is 0 Å². The van der Waals surface area contributed by atoms with E-state index in [1.807, 2.05) is 20.8 Å². The molecular formula is C24H45O6Pm. The smallest absolute Gasteiger partial charge is 0.550 e. The molecule has 0 spiro atoms. The van der Waals surface area contributed by atoms with Gasteiger partial charge in [-0.3, -0.25) is 0 Å². The summed E-state index contributed by atoms with van der Waals surface area (Å²) in [5.41, 5.74) is 0. The van der Waals surface area contributed by atoms with Crippen LogP contribution >= 0.6 is 0 Å². The summed E-state index contributed by atoms with van der Waals surface area (Å²) in [6.45, 7) is 11.8. The molecule has 0 radical (unpaired) electrons. The second-order valence-electron chi connectivity index (χ2n) is 7.70. The molecule has 0 aromatic carbocycles. The molecule has 0 aliphatic carbocycles. The third-order valence-corrected chi connectivity index (χ3v) is 5.20. The summed E-state index contributed by atoms with van der Waals surface area (Å²) in [6.07, 6.45) is 10.6. The normalized spacial score (nSPS) is 12.6. The molecule has 0 aliphatic heterocycles. The van der Waals surface area contributed by atoms with Gasteiger partial charge in [0.1, 0.15) is 0 Å². The van der Waals surface area contributed by atoms with Gasteiger partial charge in [-0.05, 0) is 56.3 Å². The van der Waals surface area contributed by atoms with Crippen molar-refractivity contribution in [3.63, 3.8) is 0 Å². The molecule has 0 heterocycles. The molecule has 7 heteroatoms. The van der Waals surface area contributed by atoms with Crippen molar-refractivity contribution in [1.29, 1.82) is 0 Å². The molecule has 3 atom stereocenters. The molecule has 0 saturated carbocycles. The summed E-state index contributed by atoms with van der Waals surface area (Å²) in [6, 6.07) is 0. The maximum Gasteiger partial charge on any atom is 3.00 e. The van der Waals surface area contributed by atoms with Crippen LogP contribution in [0, 0.1) is 58.1 Å². The van der Waals surface area contributed by atoms with Gasteiger partial charge in [-0.2, -0.15) is 0 Å². The Bertz CT molecular complexity index is 366. The number of carboxylic acid groups (broad SMARTS) is 3. The molecule has 6 nitrogen and oxygen atoms in total. The molecule has 0 N–H and O–H groups in total. The molecule has 31 heavy (non-hydrogen) atoms. The first-order valence-electron chi connectivity index (χ1n) is 11.8. The van der Waals surface area contributed by atoms with Crippen molar-refractivity contribution in [2.45, 2.75) is 119 Å². The molecule has 0 amide bonds. The molecular weight excluding hydrogens is 529 g/mol. The van der Waals surface area contributed by atoms with Crippen molar-refractivity contribution < 1.29 is 70.1 Å². The summed E-state index contributed by atoms with van der Waals surface area (Å²) in [5.74, 6) is -3.34. The van der Waals surface area contributed by atoms with Gasteiger partial charge in [0.2, 0.25) is 0 Å².